The zero-order chi connectivity index (χ0) is 25.6. The van der Waals surface area contributed by atoms with Gasteiger partial charge in [0.2, 0.25) is 11.8 Å². The summed E-state index contributed by atoms with van der Waals surface area (Å²) < 4.78 is 12.8. The van der Waals surface area contributed by atoms with Crippen LogP contribution in [0.2, 0.25) is 0 Å². The first-order valence-corrected chi connectivity index (χ1v) is 12.9. The standard InChI is InChI=1S/C29H37N3O4/c1-32(2,18-9-19-35-25-16-14-22(15-17-25)27(30)33)21-26-20-31-28(36-26)29(34,23-10-5-3-6-11-23)24-12-7-4-8-13-24/h3,5-6,10-11,14-17,20,24,34H,4,7-9,12-13,18-19,21H2,1-2H3,(H-,30,33)/p+1/t29-/m0/s1. The van der Waals surface area contributed by atoms with Crippen molar-refractivity contribution in [2.24, 2.45) is 11.7 Å². The lowest BCUT2D eigenvalue weighted by molar-refractivity contribution is -0.904. The lowest BCUT2D eigenvalue weighted by Gasteiger charge is -2.36. The summed E-state index contributed by atoms with van der Waals surface area (Å²) in [4.78, 5) is 15.8. The van der Waals surface area contributed by atoms with E-state index < -0.39 is 11.5 Å². The number of benzene rings is 2. The van der Waals surface area contributed by atoms with Crippen molar-refractivity contribution in [2.75, 3.05) is 27.2 Å². The van der Waals surface area contributed by atoms with Crippen LogP contribution >= 0.6 is 0 Å². The molecule has 0 aliphatic heterocycles. The topological polar surface area (TPSA) is 98.6 Å². The summed E-state index contributed by atoms with van der Waals surface area (Å²) >= 11 is 0. The highest BCUT2D eigenvalue weighted by Crippen LogP contribution is 2.43. The summed E-state index contributed by atoms with van der Waals surface area (Å²) in [5, 5.41) is 12.0. The minimum absolute atomic E-state index is 0.0943. The molecule has 1 atom stereocenters. The first-order valence-electron chi connectivity index (χ1n) is 12.9. The first kappa shape index (κ1) is 25.9. The van der Waals surface area contributed by atoms with Crippen molar-refractivity contribution in [3.8, 4) is 5.75 Å². The minimum Gasteiger partial charge on any atom is -0.493 e. The Hall–Kier alpha value is -3.16. The molecule has 4 rings (SSSR count). The lowest BCUT2D eigenvalue weighted by atomic mass is 9.73. The number of quaternary nitrogens is 1. The van der Waals surface area contributed by atoms with Crippen LogP contribution in [0.3, 0.4) is 0 Å². The molecule has 1 heterocycles. The van der Waals surface area contributed by atoms with Gasteiger partial charge in [0.25, 0.3) is 0 Å². The molecule has 7 nitrogen and oxygen atoms in total. The Balaban J connectivity index is 1.37. The highest BCUT2D eigenvalue weighted by Gasteiger charge is 2.44. The van der Waals surface area contributed by atoms with Crippen molar-refractivity contribution >= 4 is 5.91 Å². The maximum absolute atomic E-state index is 12.0. The molecule has 1 fully saturated rings. The van der Waals surface area contributed by atoms with Crippen LogP contribution in [-0.4, -0.2) is 47.7 Å². The molecule has 0 unspecified atom stereocenters. The average Bonchev–Trinajstić information content (AvgIpc) is 3.35. The third kappa shape index (κ3) is 6.15. The lowest BCUT2D eigenvalue weighted by Crippen LogP contribution is -2.40. The van der Waals surface area contributed by atoms with Crippen LogP contribution in [0.15, 0.2) is 65.2 Å². The molecule has 3 aromatic rings. The summed E-state index contributed by atoms with van der Waals surface area (Å²) in [6.45, 7) is 2.10. The van der Waals surface area contributed by atoms with Crippen molar-refractivity contribution in [1.82, 2.24) is 4.98 Å². The molecule has 0 bridgehead atoms. The van der Waals surface area contributed by atoms with Gasteiger partial charge in [0.05, 0.1) is 33.4 Å². The minimum atomic E-state index is -1.21. The number of rotatable bonds is 11. The molecule has 192 valence electrons. The molecular weight excluding hydrogens is 454 g/mol. The summed E-state index contributed by atoms with van der Waals surface area (Å²) in [5.74, 6) is 1.53. The smallest absolute Gasteiger partial charge is 0.248 e. The van der Waals surface area contributed by atoms with Gasteiger partial charge in [-0.15, -0.1) is 0 Å². The van der Waals surface area contributed by atoms with Gasteiger partial charge in [0.15, 0.2) is 11.4 Å². The second-order valence-electron chi connectivity index (χ2n) is 10.5. The Labute approximate surface area is 213 Å². The molecule has 0 spiro atoms. The van der Waals surface area contributed by atoms with E-state index in [0.29, 0.717) is 34.8 Å². The third-order valence-corrected chi connectivity index (χ3v) is 7.19. The van der Waals surface area contributed by atoms with E-state index in [9.17, 15) is 9.90 Å². The molecule has 3 N–H and O–H groups in total. The van der Waals surface area contributed by atoms with Crippen LogP contribution in [0, 0.1) is 5.92 Å². The Bertz CT molecular complexity index is 1120. The first-order chi connectivity index (χ1) is 17.3. The maximum atomic E-state index is 12.0. The van der Waals surface area contributed by atoms with E-state index >= 15 is 0 Å². The van der Waals surface area contributed by atoms with Gasteiger partial charge in [0.1, 0.15) is 12.3 Å². The van der Waals surface area contributed by atoms with E-state index in [1.54, 1.807) is 30.5 Å². The number of amides is 1. The van der Waals surface area contributed by atoms with E-state index in [0.717, 1.165) is 50.0 Å². The summed E-state index contributed by atoms with van der Waals surface area (Å²) in [5.41, 5.74) is 5.38. The predicted octanol–water partition coefficient (Wildman–Crippen LogP) is 4.64. The van der Waals surface area contributed by atoms with E-state index in [1.807, 2.05) is 30.3 Å². The van der Waals surface area contributed by atoms with Crippen LogP contribution in [0.5, 0.6) is 5.75 Å². The zero-order valence-corrected chi connectivity index (χ0v) is 21.4. The van der Waals surface area contributed by atoms with Crippen molar-refractivity contribution in [3.05, 3.63) is 83.6 Å². The predicted molar refractivity (Wildman–Crippen MR) is 138 cm³/mol. The van der Waals surface area contributed by atoms with Crippen LogP contribution < -0.4 is 10.5 Å². The number of hydrogen-bond donors (Lipinski definition) is 2. The number of aromatic nitrogens is 1. The van der Waals surface area contributed by atoms with Gasteiger partial charge in [-0.25, -0.2) is 4.98 Å². The van der Waals surface area contributed by atoms with E-state index in [2.05, 4.69) is 19.1 Å². The normalized spacial score (nSPS) is 16.4. The number of aliphatic hydroxyl groups is 1. The Morgan fingerprint density at radius 3 is 2.47 bits per heavy atom. The zero-order valence-electron chi connectivity index (χ0n) is 21.4. The van der Waals surface area contributed by atoms with Crippen molar-refractivity contribution in [2.45, 2.75) is 50.7 Å². The van der Waals surface area contributed by atoms with Crippen molar-refractivity contribution in [3.63, 3.8) is 0 Å². The second-order valence-corrected chi connectivity index (χ2v) is 10.5. The molecule has 1 aliphatic rings. The summed E-state index contributed by atoms with van der Waals surface area (Å²) in [6, 6.07) is 16.7. The monoisotopic (exact) mass is 492 g/mol. The van der Waals surface area contributed by atoms with Gasteiger partial charge in [-0.3, -0.25) is 4.79 Å². The van der Waals surface area contributed by atoms with Gasteiger partial charge in [0, 0.05) is 17.9 Å². The van der Waals surface area contributed by atoms with Crippen molar-refractivity contribution < 1.29 is 23.5 Å². The van der Waals surface area contributed by atoms with Crippen LogP contribution in [0.25, 0.3) is 0 Å². The van der Waals surface area contributed by atoms with Gasteiger partial charge in [-0.2, -0.15) is 0 Å². The van der Waals surface area contributed by atoms with E-state index in [-0.39, 0.29) is 5.92 Å². The van der Waals surface area contributed by atoms with Gasteiger partial charge >= 0.3 is 0 Å². The number of hydrogen-bond acceptors (Lipinski definition) is 5. The largest absolute Gasteiger partial charge is 0.493 e. The molecule has 1 saturated carbocycles. The Morgan fingerprint density at radius 2 is 1.81 bits per heavy atom. The number of ether oxygens (including phenoxy) is 1. The number of oxazole rings is 1. The van der Waals surface area contributed by atoms with Gasteiger partial charge < -0.3 is 24.5 Å². The maximum Gasteiger partial charge on any atom is 0.248 e. The number of carbonyl (C=O) groups excluding carboxylic acids is 1. The second kappa shape index (κ2) is 11.3. The molecule has 0 radical (unpaired) electrons. The molecule has 1 aliphatic carbocycles. The fraction of sp³-hybridized carbons (Fsp3) is 0.448. The fourth-order valence-corrected chi connectivity index (χ4v) is 5.20. The molecule has 36 heavy (non-hydrogen) atoms. The summed E-state index contributed by atoms with van der Waals surface area (Å²) in [7, 11) is 4.29. The molecule has 2 aromatic carbocycles. The third-order valence-electron chi connectivity index (χ3n) is 7.19. The molecule has 1 amide bonds. The quantitative estimate of drug-likeness (QED) is 0.300. The van der Waals surface area contributed by atoms with Crippen LogP contribution in [0.1, 0.15) is 66.1 Å². The highest BCUT2D eigenvalue weighted by molar-refractivity contribution is 5.92. The highest BCUT2D eigenvalue weighted by atomic mass is 16.5. The fourth-order valence-electron chi connectivity index (χ4n) is 5.20. The number of nitrogens with zero attached hydrogens (tertiary/aromatic N) is 2. The van der Waals surface area contributed by atoms with Crippen LogP contribution in [0.4, 0.5) is 0 Å². The average molecular weight is 493 g/mol. The molecule has 1 aromatic heterocycles. The number of nitrogens with two attached hydrogens (primary N) is 1. The van der Waals surface area contributed by atoms with E-state index in [4.69, 9.17) is 14.9 Å². The van der Waals surface area contributed by atoms with E-state index in [1.165, 1.54) is 6.42 Å². The van der Waals surface area contributed by atoms with Crippen molar-refractivity contribution in [1.29, 1.82) is 0 Å². The summed E-state index contributed by atoms with van der Waals surface area (Å²) in [6.07, 6.45) is 8.01. The van der Waals surface area contributed by atoms with Crippen LogP contribution in [-0.2, 0) is 12.1 Å². The van der Waals surface area contributed by atoms with Gasteiger partial charge in [-0.1, -0.05) is 49.6 Å². The molecular formula is C29H38N3O4+. The molecule has 0 saturated heterocycles. The SMILES string of the molecule is C[N+](C)(CCCOc1ccc(C(N)=O)cc1)Cc1cnc([C@](O)(c2ccccc2)C2CCCCC2)o1. The Kier molecular flexibility index (Phi) is 8.11. The Morgan fingerprint density at radius 1 is 1.11 bits per heavy atom. The number of carbonyl (C=O) groups is 1. The molecule has 7 heteroatoms. The number of primary amides is 1. The van der Waals surface area contributed by atoms with Gasteiger partial charge in [-0.05, 0) is 42.7 Å².